The number of carbonyl (C=O) groups excluding carboxylic acids is 3. The number of nitrogens with zero attached hydrogens (tertiary/aromatic N) is 1. The zero-order valence-corrected chi connectivity index (χ0v) is 26.1. The van der Waals surface area contributed by atoms with Crippen LogP contribution in [-0.4, -0.2) is 74.0 Å². The predicted octanol–water partition coefficient (Wildman–Crippen LogP) is -0.206. The quantitative estimate of drug-likeness (QED) is 0.0708. The van der Waals surface area contributed by atoms with Crippen LogP contribution in [0.15, 0.2) is 0 Å². The van der Waals surface area contributed by atoms with Gasteiger partial charge in [0.15, 0.2) is 12.1 Å². The Morgan fingerprint density at radius 1 is 0.600 bits per heavy atom. The van der Waals surface area contributed by atoms with Crippen LogP contribution in [0.3, 0.4) is 0 Å². The first-order valence-corrected chi connectivity index (χ1v) is 16.4. The molecule has 40 heavy (non-hydrogen) atoms. The molecule has 0 aromatic heterocycles. The second-order valence-corrected chi connectivity index (χ2v) is 11.3. The van der Waals surface area contributed by atoms with E-state index in [-0.39, 0.29) is 29.8 Å². The lowest BCUT2D eigenvalue weighted by molar-refractivity contribution is -0.411. The molecule has 0 bridgehead atoms. The van der Waals surface area contributed by atoms with Crippen LogP contribution >= 0.6 is 0 Å². The zero-order chi connectivity index (χ0) is 29.8. The minimum atomic E-state index is -0.255. The van der Waals surface area contributed by atoms with Crippen molar-refractivity contribution in [2.24, 2.45) is 0 Å². The number of unbranched alkanes of at least 4 members (excludes halogenated alkanes) is 10. The van der Waals surface area contributed by atoms with Gasteiger partial charge in [0.1, 0.15) is 0 Å². The summed E-state index contributed by atoms with van der Waals surface area (Å²) in [4.78, 5) is 39.4. The monoisotopic (exact) mass is 574 g/mol. The minimum absolute atomic E-state index is 0.0309. The van der Waals surface area contributed by atoms with Gasteiger partial charge in [0.05, 0.1) is 13.1 Å². The lowest BCUT2D eigenvalue weighted by atomic mass is 10.1. The molecule has 0 aliphatic heterocycles. The highest BCUT2D eigenvalue weighted by atomic mass is 16.2. The molecule has 0 aliphatic rings. The summed E-state index contributed by atoms with van der Waals surface area (Å²) in [7, 11) is 0. The highest BCUT2D eigenvalue weighted by Crippen LogP contribution is 2.12. The third kappa shape index (κ3) is 22.0. The maximum absolute atomic E-state index is 13.0. The van der Waals surface area contributed by atoms with Crippen molar-refractivity contribution in [3.63, 3.8) is 0 Å². The van der Waals surface area contributed by atoms with E-state index in [0.29, 0.717) is 45.4 Å². The fraction of sp³-hybridized carbons (Fsp3) is 0.900. The van der Waals surface area contributed by atoms with E-state index in [2.05, 4.69) is 40.5 Å². The average molecular weight is 574 g/mol. The molecule has 14 N–H and O–H groups in total. The van der Waals surface area contributed by atoms with Gasteiger partial charge in [0, 0.05) is 58.3 Å². The molecule has 236 valence electrons. The molecule has 0 radical (unpaired) electrons. The molecule has 0 heterocycles. The Hall–Kier alpha value is -1.75. The van der Waals surface area contributed by atoms with E-state index in [1.807, 2.05) is 4.90 Å². The van der Waals surface area contributed by atoms with Crippen molar-refractivity contribution >= 4 is 17.7 Å². The third-order valence-electron chi connectivity index (χ3n) is 7.50. The summed E-state index contributed by atoms with van der Waals surface area (Å²) < 4.78 is 0. The molecule has 0 spiro atoms. The van der Waals surface area contributed by atoms with Crippen LogP contribution in [0.5, 0.6) is 0 Å². The molecule has 10 nitrogen and oxygen atoms in total. The molecule has 0 rings (SSSR count). The Kier molecular flexibility index (Phi) is 26.2. The zero-order valence-electron chi connectivity index (χ0n) is 26.1. The lowest BCUT2D eigenvalue weighted by Crippen LogP contribution is -2.68. The fourth-order valence-electron chi connectivity index (χ4n) is 4.76. The Labute approximate surface area is 244 Å². The van der Waals surface area contributed by atoms with Crippen LogP contribution in [0.25, 0.3) is 0 Å². The summed E-state index contributed by atoms with van der Waals surface area (Å²) in [5.41, 5.74) is 15.5. The molecule has 0 aliphatic carbocycles. The summed E-state index contributed by atoms with van der Waals surface area (Å²) >= 11 is 0. The largest absolute Gasteiger partial charge is 0.358 e. The summed E-state index contributed by atoms with van der Waals surface area (Å²) in [6, 6.07) is -0.510. The van der Waals surface area contributed by atoms with Crippen molar-refractivity contribution in [3.05, 3.63) is 0 Å². The standard InChI is InChI=1S/C30H63N7O3/c1-2-3-4-5-6-7-8-9-10-11-12-19-28(38)37(24-15-22-35-29(39)26(33)17-13-20-31)25-16-23-36-30(40)27(34)18-14-21-32/h26-27H,2-25,31-34H2,1H3,(H,35,39)(H,36,40)/p+4/t26-,27-/m0/s1. The Bertz CT molecular complexity index is 602. The second kappa shape index (κ2) is 27.4. The topological polar surface area (TPSA) is 189 Å². The second-order valence-electron chi connectivity index (χ2n) is 11.3. The van der Waals surface area contributed by atoms with Crippen molar-refractivity contribution in [2.45, 2.75) is 135 Å². The number of carbonyl (C=O) groups is 3. The molecule has 0 aromatic carbocycles. The SMILES string of the molecule is CCCCCCCCCCCCCC(=O)N(CCCNC(=O)[C@@H]([NH3+])CCC[NH3+])CCCNC(=O)[C@@H]([NH3+])CCC[NH3+]. The molecule has 3 amide bonds. The highest BCUT2D eigenvalue weighted by molar-refractivity contribution is 5.80. The summed E-state index contributed by atoms with van der Waals surface area (Å²) in [5.74, 6) is 0.109. The smallest absolute Gasteiger partial charge is 0.278 e. The number of rotatable bonds is 28. The van der Waals surface area contributed by atoms with Gasteiger partial charge in [-0.3, -0.25) is 14.4 Å². The van der Waals surface area contributed by atoms with Crippen LogP contribution in [0.2, 0.25) is 0 Å². The first kappa shape index (κ1) is 38.2. The molecule has 0 saturated carbocycles. The molecular weight excluding hydrogens is 506 g/mol. The van der Waals surface area contributed by atoms with Gasteiger partial charge in [-0.1, -0.05) is 71.1 Å². The van der Waals surface area contributed by atoms with Crippen LogP contribution < -0.4 is 33.6 Å². The van der Waals surface area contributed by atoms with E-state index in [1.54, 1.807) is 0 Å². The Morgan fingerprint density at radius 2 is 1.00 bits per heavy atom. The fourth-order valence-corrected chi connectivity index (χ4v) is 4.76. The number of hydrogen-bond acceptors (Lipinski definition) is 3. The van der Waals surface area contributed by atoms with Gasteiger partial charge in [-0.25, -0.2) is 0 Å². The molecule has 0 saturated heterocycles. The molecule has 0 fully saturated rings. The van der Waals surface area contributed by atoms with Crippen molar-refractivity contribution in [3.8, 4) is 0 Å². The summed E-state index contributed by atoms with van der Waals surface area (Å²) in [5, 5.41) is 5.92. The number of nitrogens with one attached hydrogen (secondary N) is 2. The van der Waals surface area contributed by atoms with Gasteiger partial charge < -0.3 is 38.5 Å². The number of quaternary nitrogens is 4. The Balaban J connectivity index is 4.42. The average Bonchev–Trinajstić information content (AvgIpc) is 2.95. The Morgan fingerprint density at radius 3 is 1.40 bits per heavy atom. The van der Waals surface area contributed by atoms with Crippen molar-refractivity contribution in [2.75, 3.05) is 39.3 Å². The summed E-state index contributed by atoms with van der Waals surface area (Å²) in [6.07, 6.45) is 19.1. The molecule has 2 atom stereocenters. The van der Waals surface area contributed by atoms with E-state index >= 15 is 0 Å². The highest BCUT2D eigenvalue weighted by Gasteiger charge is 2.18. The normalized spacial score (nSPS) is 12.6. The van der Waals surface area contributed by atoms with Crippen LogP contribution in [0.1, 0.15) is 122 Å². The van der Waals surface area contributed by atoms with Crippen molar-refractivity contribution in [1.82, 2.24) is 15.5 Å². The van der Waals surface area contributed by atoms with Gasteiger partial charge in [-0.2, -0.15) is 0 Å². The van der Waals surface area contributed by atoms with Gasteiger partial charge >= 0.3 is 0 Å². The van der Waals surface area contributed by atoms with Gasteiger partial charge in [-0.15, -0.1) is 0 Å². The molecule has 0 unspecified atom stereocenters. The lowest BCUT2D eigenvalue weighted by Gasteiger charge is -2.23. The maximum atomic E-state index is 13.0. The summed E-state index contributed by atoms with van der Waals surface area (Å²) in [6.45, 7) is 6.14. The maximum Gasteiger partial charge on any atom is 0.278 e. The van der Waals surface area contributed by atoms with Gasteiger partial charge in [0.25, 0.3) is 11.8 Å². The molecule has 0 aromatic rings. The predicted molar refractivity (Wildman–Crippen MR) is 160 cm³/mol. The minimum Gasteiger partial charge on any atom is -0.358 e. The van der Waals surface area contributed by atoms with Gasteiger partial charge in [0.2, 0.25) is 5.91 Å². The van der Waals surface area contributed by atoms with Gasteiger partial charge in [-0.05, 0) is 19.3 Å². The third-order valence-corrected chi connectivity index (χ3v) is 7.50. The van der Waals surface area contributed by atoms with Crippen molar-refractivity contribution in [1.29, 1.82) is 0 Å². The number of amides is 3. The van der Waals surface area contributed by atoms with E-state index in [4.69, 9.17) is 0 Å². The van der Waals surface area contributed by atoms with Crippen LogP contribution in [-0.2, 0) is 14.4 Å². The van der Waals surface area contributed by atoms with Crippen molar-refractivity contribution < 1.29 is 37.3 Å². The molecular formula is C30H67N7O3+4. The van der Waals surface area contributed by atoms with E-state index in [0.717, 1.165) is 51.6 Å². The van der Waals surface area contributed by atoms with Crippen LogP contribution in [0, 0.1) is 0 Å². The van der Waals surface area contributed by atoms with E-state index in [1.165, 1.54) is 57.8 Å². The van der Waals surface area contributed by atoms with Crippen LogP contribution in [0.4, 0.5) is 0 Å². The first-order valence-electron chi connectivity index (χ1n) is 16.4. The first-order chi connectivity index (χ1) is 19.4. The van der Waals surface area contributed by atoms with E-state index < -0.39 is 0 Å². The van der Waals surface area contributed by atoms with E-state index in [9.17, 15) is 14.4 Å². The number of hydrogen-bond donors (Lipinski definition) is 6. The molecule has 10 heteroatoms.